The summed E-state index contributed by atoms with van der Waals surface area (Å²) in [7, 11) is 0. The van der Waals surface area contributed by atoms with E-state index < -0.39 is 0 Å². The summed E-state index contributed by atoms with van der Waals surface area (Å²) < 4.78 is 0. The molecule has 0 nitrogen and oxygen atoms in total. The Morgan fingerprint density at radius 1 is 0.833 bits per heavy atom. The van der Waals surface area contributed by atoms with Crippen LogP contribution in [0.4, 0.5) is 0 Å². The number of allylic oxidation sites excluding steroid dienone is 2. The number of hydrogen-bond acceptors (Lipinski definition) is 0. The Hall–Kier alpha value is -0.260. The maximum Gasteiger partial charge on any atom is 0.0127 e. The summed E-state index contributed by atoms with van der Waals surface area (Å²) in [6, 6.07) is 0. The highest BCUT2D eigenvalue weighted by atomic mass is 14.5. The standard InChI is InChI=1S/C24H39/c1-21(2,3)16-12-18(19(13-16)23(7,8)9)20-14-17(22(4,5)6)15-24(20,10)11/h12-14,17H,15H2,1-11H3. The molecule has 0 aliphatic heterocycles. The second-order valence-electron chi connectivity index (χ2n) is 11.7. The highest BCUT2D eigenvalue weighted by molar-refractivity contribution is 5.63. The summed E-state index contributed by atoms with van der Waals surface area (Å²) in [4.78, 5) is 0. The van der Waals surface area contributed by atoms with Crippen molar-refractivity contribution in [3.63, 3.8) is 0 Å². The molecular weight excluding hydrogens is 288 g/mol. The van der Waals surface area contributed by atoms with Crippen LogP contribution in [0.3, 0.4) is 0 Å². The fraction of sp³-hybridized carbons (Fsp3) is 0.708. The van der Waals surface area contributed by atoms with Crippen LogP contribution in [-0.2, 0) is 0 Å². The van der Waals surface area contributed by atoms with Gasteiger partial charge in [0.15, 0.2) is 0 Å². The molecule has 0 bridgehead atoms. The molecule has 0 saturated heterocycles. The van der Waals surface area contributed by atoms with Gasteiger partial charge in [0, 0.05) is 5.92 Å². The van der Waals surface area contributed by atoms with Crippen molar-refractivity contribution in [2.45, 2.75) is 82.6 Å². The average molecular weight is 328 g/mol. The van der Waals surface area contributed by atoms with Crippen LogP contribution in [0.1, 0.15) is 82.6 Å². The largest absolute Gasteiger partial charge is 0.0805 e. The third-order valence-corrected chi connectivity index (χ3v) is 5.79. The number of hydrogen-bond donors (Lipinski definition) is 0. The molecule has 0 spiro atoms. The lowest BCUT2D eigenvalue weighted by Crippen LogP contribution is -2.26. The Kier molecular flexibility index (Phi) is 4.92. The van der Waals surface area contributed by atoms with Gasteiger partial charge in [0.25, 0.3) is 0 Å². The Balaban J connectivity index is 2.40. The Morgan fingerprint density at radius 2 is 1.38 bits per heavy atom. The fourth-order valence-corrected chi connectivity index (χ4v) is 3.94. The van der Waals surface area contributed by atoms with Crippen molar-refractivity contribution >= 4 is 0 Å². The smallest absolute Gasteiger partial charge is 0.0127 e. The van der Waals surface area contributed by atoms with E-state index in [4.69, 9.17) is 0 Å². The minimum absolute atomic E-state index is 0.176. The SMILES string of the molecule is CC(C)(C)[C]1[CH][C](C2=CC(C(C)(C)C)CC2(C)C)[C](C(C)(C)C)[CH]1. The van der Waals surface area contributed by atoms with E-state index in [-0.39, 0.29) is 16.2 Å². The molecule has 135 valence electrons. The van der Waals surface area contributed by atoms with Crippen molar-refractivity contribution < 1.29 is 0 Å². The maximum absolute atomic E-state index is 2.59. The summed E-state index contributed by atoms with van der Waals surface area (Å²) in [5.74, 6) is 5.15. The number of rotatable bonds is 1. The summed E-state index contributed by atoms with van der Waals surface area (Å²) in [6.45, 7) is 26.0. The van der Waals surface area contributed by atoms with Gasteiger partial charge >= 0.3 is 0 Å². The van der Waals surface area contributed by atoms with Crippen molar-refractivity contribution in [3.8, 4) is 0 Å². The van der Waals surface area contributed by atoms with E-state index in [1.54, 1.807) is 5.57 Å². The molecule has 1 fully saturated rings. The molecule has 0 aromatic heterocycles. The molecule has 0 N–H and O–H groups in total. The van der Waals surface area contributed by atoms with E-state index in [1.807, 2.05) is 0 Å². The molecule has 5 radical (unpaired) electrons. The Bertz CT molecular complexity index is 484. The van der Waals surface area contributed by atoms with Crippen molar-refractivity contribution in [3.05, 3.63) is 42.2 Å². The zero-order chi connectivity index (χ0) is 18.7. The molecule has 2 aliphatic rings. The van der Waals surface area contributed by atoms with Crippen LogP contribution in [0.5, 0.6) is 0 Å². The van der Waals surface area contributed by atoms with Gasteiger partial charge in [-0.1, -0.05) is 87.8 Å². The van der Waals surface area contributed by atoms with Gasteiger partial charge in [-0.25, -0.2) is 0 Å². The highest BCUT2D eigenvalue weighted by Gasteiger charge is 2.51. The molecule has 2 aliphatic carbocycles. The molecule has 0 amide bonds. The zero-order valence-corrected chi connectivity index (χ0v) is 18.0. The second-order valence-corrected chi connectivity index (χ2v) is 11.7. The van der Waals surface area contributed by atoms with Gasteiger partial charge in [-0.15, -0.1) is 0 Å². The predicted octanol–water partition coefficient (Wildman–Crippen LogP) is 7.24. The Morgan fingerprint density at radius 3 is 1.75 bits per heavy atom. The lowest BCUT2D eigenvalue weighted by molar-refractivity contribution is 0.243. The van der Waals surface area contributed by atoms with Crippen LogP contribution in [-0.4, -0.2) is 0 Å². The molecule has 24 heavy (non-hydrogen) atoms. The van der Waals surface area contributed by atoms with E-state index in [9.17, 15) is 0 Å². The second kappa shape index (κ2) is 5.88. The minimum atomic E-state index is 0.176. The minimum Gasteiger partial charge on any atom is -0.0805 e. The summed E-state index contributed by atoms with van der Waals surface area (Å²) in [5.41, 5.74) is 2.53. The molecule has 0 heteroatoms. The first-order valence-electron chi connectivity index (χ1n) is 9.58. The molecule has 0 aromatic carbocycles. The third kappa shape index (κ3) is 3.94. The van der Waals surface area contributed by atoms with Crippen LogP contribution in [0.2, 0.25) is 0 Å². The maximum atomic E-state index is 2.59. The van der Waals surface area contributed by atoms with Crippen molar-refractivity contribution in [2.24, 2.45) is 27.6 Å². The first-order chi connectivity index (χ1) is 10.5. The molecule has 1 unspecified atom stereocenters. The molecule has 1 saturated carbocycles. The average Bonchev–Trinajstić information content (AvgIpc) is 2.86. The van der Waals surface area contributed by atoms with E-state index in [0.717, 1.165) is 0 Å². The fourth-order valence-electron chi connectivity index (χ4n) is 3.94. The molecule has 0 heterocycles. The lowest BCUT2D eigenvalue weighted by Gasteiger charge is -2.36. The summed E-state index contributed by atoms with van der Waals surface area (Å²) in [5, 5.41) is 0. The zero-order valence-electron chi connectivity index (χ0n) is 18.0. The van der Waals surface area contributed by atoms with E-state index in [1.165, 1.54) is 24.2 Å². The summed E-state index contributed by atoms with van der Waals surface area (Å²) >= 11 is 0. The first-order valence-corrected chi connectivity index (χ1v) is 9.58. The lowest BCUT2D eigenvalue weighted by atomic mass is 9.67. The van der Waals surface area contributed by atoms with Crippen LogP contribution in [0.15, 0.2) is 11.6 Å². The van der Waals surface area contributed by atoms with E-state index in [0.29, 0.717) is 11.3 Å². The van der Waals surface area contributed by atoms with Crippen LogP contribution in [0.25, 0.3) is 0 Å². The van der Waals surface area contributed by atoms with Gasteiger partial charge in [0.05, 0.1) is 0 Å². The Labute approximate surface area is 152 Å². The molecule has 2 rings (SSSR count). The van der Waals surface area contributed by atoms with Gasteiger partial charge in [0.2, 0.25) is 0 Å². The van der Waals surface area contributed by atoms with Gasteiger partial charge < -0.3 is 0 Å². The van der Waals surface area contributed by atoms with Crippen LogP contribution < -0.4 is 0 Å². The topological polar surface area (TPSA) is 0 Å². The van der Waals surface area contributed by atoms with Gasteiger partial charge in [0.1, 0.15) is 0 Å². The summed E-state index contributed by atoms with van der Waals surface area (Å²) in [6.07, 6.45) is 8.80. The van der Waals surface area contributed by atoms with Gasteiger partial charge in [-0.2, -0.15) is 0 Å². The highest BCUT2D eigenvalue weighted by Crippen LogP contribution is 2.61. The quantitative estimate of drug-likeness (QED) is 0.476. The third-order valence-electron chi connectivity index (χ3n) is 5.79. The van der Waals surface area contributed by atoms with Crippen molar-refractivity contribution in [1.29, 1.82) is 0 Å². The first kappa shape index (κ1) is 20.1. The van der Waals surface area contributed by atoms with E-state index >= 15 is 0 Å². The normalized spacial score (nSPS) is 27.8. The van der Waals surface area contributed by atoms with E-state index in [2.05, 4.69) is 95.1 Å². The predicted molar refractivity (Wildman–Crippen MR) is 107 cm³/mol. The van der Waals surface area contributed by atoms with Crippen LogP contribution >= 0.6 is 0 Å². The molecule has 1 atom stereocenters. The van der Waals surface area contributed by atoms with Gasteiger partial charge in [-0.3, -0.25) is 0 Å². The molecule has 0 aromatic rings. The molecular formula is C24H39. The monoisotopic (exact) mass is 327 g/mol. The van der Waals surface area contributed by atoms with Gasteiger partial charge in [-0.05, 0) is 58.7 Å². The van der Waals surface area contributed by atoms with Crippen LogP contribution in [0, 0.1) is 58.2 Å². The van der Waals surface area contributed by atoms with Crippen molar-refractivity contribution in [1.82, 2.24) is 0 Å². The van der Waals surface area contributed by atoms with Crippen molar-refractivity contribution in [2.75, 3.05) is 0 Å².